The predicted molar refractivity (Wildman–Crippen MR) is 89.0 cm³/mol. The Morgan fingerprint density at radius 3 is 2.76 bits per heavy atom. The average molecular weight is 314 g/mol. The average Bonchev–Trinajstić information content (AvgIpc) is 2.54. The summed E-state index contributed by atoms with van der Waals surface area (Å²) in [6.45, 7) is 6.07. The lowest BCUT2D eigenvalue weighted by atomic mass is 9.76. The van der Waals surface area contributed by atoms with E-state index in [0.29, 0.717) is 6.04 Å². The van der Waals surface area contributed by atoms with Crippen molar-refractivity contribution in [3.05, 3.63) is 0 Å². The van der Waals surface area contributed by atoms with Crippen molar-refractivity contribution in [3.63, 3.8) is 0 Å². The summed E-state index contributed by atoms with van der Waals surface area (Å²) in [5.41, 5.74) is 0.133. The van der Waals surface area contributed by atoms with Crippen LogP contribution in [-0.2, 0) is 9.47 Å². The summed E-state index contributed by atoms with van der Waals surface area (Å²) in [5, 5.41) is 4.65. The molecule has 3 aliphatic heterocycles. The maximum Gasteiger partial charge on any atom is 0.0729 e. The van der Waals surface area contributed by atoms with Crippen LogP contribution in [0.4, 0.5) is 0 Å². The molecule has 1 spiro atoms. The summed E-state index contributed by atoms with van der Waals surface area (Å²) in [5.74, 6) is 2.14. The second kappa shape index (κ2) is 7.67. The van der Waals surface area contributed by atoms with E-state index in [4.69, 9.17) is 9.47 Å². The van der Waals surface area contributed by atoms with Gasteiger partial charge in [0.05, 0.1) is 5.60 Å². The van der Waals surface area contributed by atoms with Crippen molar-refractivity contribution in [2.45, 2.75) is 68.8 Å². The lowest BCUT2D eigenvalue weighted by Crippen LogP contribution is -2.52. The Kier molecular flexibility index (Phi) is 5.88. The van der Waals surface area contributed by atoms with Gasteiger partial charge < -0.3 is 14.8 Å². The fourth-order valence-corrected chi connectivity index (χ4v) is 5.88. The van der Waals surface area contributed by atoms with Crippen LogP contribution in [0.15, 0.2) is 0 Å². The van der Waals surface area contributed by atoms with E-state index in [1.807, 2.05) is 0 Å². The molecule has 0 aromatic rings. The molecule has 1 N–H and O–H groups in total. The minimum Gasteiger partial charge on any atom is -0.381 e. The third-order valence-electron chi connectivity index (χ3n) is 5.50. The van der Waals surface area contributed by atoms with Gasteiger partial charge in [-0.15, -0.1) is 0 Å². The third-order valence-corrected chi connectivity index (χ3v) is 6.98. The van der Waals surface area contributed by atoms with E-state index in [2.05, 4.69) is 24.0 Å². The maximum absolute atomic E-state index is 6.24. The molecule has 0 aromatic heterocycles. The van der Waals surface area contributed by atoms with Gasteiger partial charge in [-0.2, -0.15) is 11.8 Å². The van der Waals surface area contributed by atoms with Crippen LogP contribution in [0.25, 0.3) is 0 Å². The van der Waals surface area contributed by atoms with Gasteiger partial charge in [0.2, 0.25) is 0 Å². The monoisotopic (exact) mass is 313 g/mol. The molecule has 3 fully saturated rings. The fraction of sp³-hybridized carbons (Fsp3) is 1.00. The first-order valence-corrected chi connectivity index (χ1v) is 9.94. The second-order valence-corrected chi connectivity index (χ2v) is 8.23. The predicted octanol–water partition coefficient (Wildman–Crippen LogP) is 3.23. The quantitative estimate of drug-likeness (QED) is 0.863. The number of nitrogens with one attached hydrogen (secondary N) is 1. The van der Waals surface area contributed by atoms with Crippen molar-refractivity contribution in [1.29, 1.82) is 0 Å². The van der Waals surface area contributed by atoms with Crippen molar-refractivity contribution in [2.24, 2.45) is 5.92 Å². The van der Waals surface area contributed by atoms with E-state index in [1.54, 1.807) is 0 Å². The molecule has 3 unspecified atom stereocenters. The summed E-state index contributed by atoms with van der Waals surface area (Å²) in [7, 11) is 0. The first-order valence-electron chi connectivity index (χ1n) is 8.90. The lowest BCUT2D eigenvalue weighted by molar-refractivity contribution is -0.150. The summed E-state index contributed by atoms with van der Waals surface area (Å²) in [6, 6.07) is 0.684. The Morgan fingerprint density at radius 1 is 1.19 bits per heavy atom. The van der Waals surface area contributed by atoms with Gasteiger partial charge >= 0.3 is 0 Å². The molecular weight excluding hydrogens is 282 g/mol. The Labute approximate surface area is 133 Å². The minimum atomic E-state index is 0.133. The van der Waals surface area contributed by atoms with E-state index in [0.717, 1.165) is 50.4 Å². The van der Waals surface area contributed by atoms with E-state index in [-0.39, 0.29) is 5.60 Å². The van der Waals surface area contributed by atoms with Crippen LogP contribution < -0.4 is 5.32 Å². The number of ether oxygens (including phenoxy) is 2. The molecule has 3 aliphatic rings. The molecule has 3 rings (SSSR count). The van der Waals surface area contributed by atoms with Crippen molar-refractivity contribution in [3.8, 4) is 0 Å². The smallest absolute Gasteiger partial charge is 0.0729 e. The molecule has 0 saturated carbocycles. The zero-order chi connectivity index (χ0) is 14.5. The molecular formula is C17H31NO2S. The number of rotatable bonds is 4. The lowest BCUT2D eigenvalue weighted by Gasteiger charge is -2.47. The fourth-order valence-electron chi connectivity index (χ4n) is 4.35. The zero-order valence-corrected chi connectivity index (χ0v) is 14.3. The van der Waals surface area contributed by atoms with Crippen LogP contribution in [-0.4, -0.2) is 49.0 Å². The van der Waals surface area contributed by atoms with E-state index in [1.165, 1.54) is 37.9 Å². The SMILES string of the molecule is CCNC(C1CCOC2(CCOCC2)C1)C1CCCCS1. The highest BCUT2D eigenvalue weighted by atomic mass is 32.2. The van der Waals surface area contributed by atoms with Gasteiger partial charge in [-0.05, 0) is 56.7 Å². The molecule has 0 amide bonds. The van der Waals surface area contributed by atoms with Crippen molar-refractivity contribution in [2.75, 3.05) is 32.1 Å². The van der Waals surface area contributed by atoms with Crippen LogP contribution in [0.3, 0.4) is 0 Å². The number of thioether (sulfide) groups is 1. The zero-order valence-electron chi connectivity index (χ0n) is 13.4. The number of hydrogen-bond donors (Lipinski definition) is 1. The Balaban J connectivity index is 1.66. The largest absolute Gasteiger partial charge is 0.381 e. The van der Waals surface area contributed by atoms with Crippen LogP contribution in [0.2, 0.25) is 0 Å². The van der Waals surface area contributed by atoms with Crippen molar-refractivity contribution in [1.82, 2.24) is 5.32 Å². The van der Waals surface area contributed by atoms with Gasteiger partial charge in [0.15, 0.2) is 0 Å². The molecule has 3 atom stereocenters. The van der Waals surface area contributed by atoms with Crippen LogP contribution >= 0.6 is 11.8 Å². The molecule has 3 nitrogen and oxygen atoms in total. The molecule has 21 heavy (non-hydrogen) atoms. The summed E-state index contributed by atoms with van der Waals surface area (Å²) in [6.07, 6.45) is 8.90. The van der Waals surface area contributed by atoms with Gasteiger partial charge in [-0.3, -0.25) is 0 Å². The van der Waals surface area contributed by atoms with Crippen LogP contribution in [0.1, 0.15) is 51.9 Å². The molecule has 0 radical (unpaired) electrons. The molecule has 122 valence electrons. The summed E-state index contributed by atoms with van der Waals surface area (Å²) in [4.78, 5) is 0. The van der Waals surface area contributed by atoms with Crippen molar-refractivity contribution < 1.29 is 9.47 Å². The van der Waals surface area contributed by atoms with Crippen LogP contribution in [0, 0.1) is 5.92 Å². The maximum atomic E-state index is 6.24. The first kappa shape index (κ1) is 16.1. The molecule has 4 heteroatoms. The van der Waals surface area contributed by atoms with E-state index >= 15 is 0 Å². The van der Waals surface area contributed by atoms with Gasteiger partial charge in [-0.25, -0.2) is 0 Å². The Bertz CT molecular complexity index is 308. The number of hydrogen-bond acceptors (Lipinski definition) is 4. The standard InChI is InChI=1S/C17H31NO2S/c1-2-18-16(15-5-3-4-12-21-15)14-6-9-20-17(13-14)7-10-19-11-8-17/h14-16,18H,2-13H2,1H3. The topological polar surface area (TPSA) is 30.5 Å². The van der Waals surface area contributed by atoms with Gasteiger partial charge in [-0.1, -0.05) is 13.3 Å². The molecule has 3 heterocycles. The molecule has 0 aliphatic carbocycles. The highest BCUT2D eigenvalue weighted by Crippen LogP contribution is 2.41. The second-order valence-electron chi connectivity index (χ2n) is 6.89. The summed E-state index contributed by atoms with van der Waals surface area (Å²) < 4.78 is 11.8. The third kappa shape index (κ3) is 3.95. The Morgan fingerprint density at radius 2 is 2.05 bits per heavy atom. The van der Waals surface area contributed by atoms with E-state index in [9.17, 15) is 0 Å². The molecule has 3 saturated heterocycles. The minimum absolute atomic E-state index is 0.133. The Hall–Kier alpha value is 0.230. The van der Waals surface area contributed by atoms with Crippen LogP contribution in [0.5, 0.6) is 0 Å². The van der Waals surface area contributed by atoms with E-state index < -0.39 is 0 Å². The molecule has 0 aromatic carbocycles. The molecule has 0 bridgehead atoms. The van der Waals surface area contributed by atoms with Gasteiger partial charge in [0, 0.05) is 31.1 Å². The normalized spacial score (nSPS) is 34.7. The van der Waals surface area contributed by atoms with Gasteiger partial charge in [0.1, 0.15) is 0 Å². The van der Waals surface area contributed by atoms with Crippen molar-refractivity contribution >= 4 is 11.8 Å². The highest BCUT2D eigenvalue weighted by Gasteiger charge is 2.42. The first-order chi connectivity index (χ1) is 10.3. The van der Waals surface area contributed by atoms with Gasteiger partial charge in [0.25, 0.3) is 0 Å². The highest BCUT2D eigenvalue weighted by molar-refractivity contribution is 8.00. The summed E-state index contributed by atoms with van der Waals surface area (Å²) >= 11 is 2.21.